The number of hydrogen-bond donors (Lipinski definition) is 1. The third-order valence-electron chi connectivity index (χ3n) is 3.17. The summed E-state index contributed by atoms with van der Waals surface area (Å²) in [5, 5.41) is 9.71. The van der Waals surface area contributed by atoms with Gasteiger partial charge >= 0.3 is 6.61 Å². The van der Waals surface area contributed by atoms with E-state index in [-0.39, 0.29) is 11.8 Å². The van der Waals surface area contributed by atoms with E-state index in [1.807, 2.05) is 11.9 Å². The van der Waals surface area contributed by atoms with Crippen molar-refractivity contribution < 1.29 is 23.4 Å². The molecule has 1 saturated heterocycles. The van der Waals surface area contributed by atoms with Crippen LogP contribution < -0.4 is 4.74 Å². The van der Waals surface area contributed by atoms with Crippen molar-refractivity contribution in [2.45, 2.75) is 25.3 Å². The summed E-state index contributed by atoms with van der Waals surface area (Å²) in [7, 11) is 1.89. The fourth-order valence-electron chi connectivity index (χ4n) is 2.13. The second kappa shape index (κ2) is 6.27. The second-order valence-electron chi connectivity index (χ2n) is 4.61. The number of ether oxygens (including phenoxy) is 2. The first kappa shape index (κ1) is 14.2. The molecule has 0 spiro atoms. The fourth-order valence-corrected chi connectivity index (χ4v) is 2.13. The maximum absolute atomic E-state index is 12.0. The smallest absolute Gasteiger partial charge is 0.387 e. The number of hydrogen-bond acceptors (Lipinski definition) is 4. The SMILES string of the molecule is CN(Cc1ccc(OC(F)F)cc1)[C@@H]1COC[C@H]1O. The van der Waals surface area contributed by atoms with Crippen LogP contribution in [0.2, 0.25) is 0 Å². The first-order chi connectivity index (χ1) is 9.06. The topological polar surface area (TPSA) is 41.9 Å². The monoisotopic (exact) mass is 273 g/mol. The number of benzene rings is 1. The molecule has 0 radical (unpaired) electrons. The van der Waals surface area contributed by atoms with Crippen LogP contribution in [0.1, 0.15) is 5.56 Å². The molecule has 2 atom stereocenters. The molecule has 0 unspecified atom stereocenters. The third kappa shape index (κ3) is 3.86. The Morgan fingerprint density at radius 1 is 1.37 bits per heavy atom. The first-order valence-corrected chi connectivity index (χ1v) is 6.06. The maximum atomic E-state index is 12.0. The van der Waals surface area contributed by atoms with Crippen molar-refractivity contribution >= 4 is 0 Å². The number of aliphatic hydroxyl groups excluding tert-OH is 1. The molecule has 0 aromatic heterocycles. The second-order valence-corrected chi connectivity index (χ2v) is 4.61. The van der Waals surface area contributed by atoms with Crippen LogP contribution in [0.25, 0.3) is 0 Å². The highest BCUT2D eigenvalue weighted by Crippen LogP contribution is 2.18. The molecule has 106 valence electrons. The highest BCUT2D eigenvalue weighted by molar-refractivity contribution is 5.27. The summed E-state index contributed by atoms with van der Waals surface area (Å²) >= 11 is 0. The molecule has 1 fully saturated rings. The zero-order valence-electron chi connectivity index (χ0n) is 10.6. The zero-order chi connectivity index (χ0) is 13.8. The normalized spacial score (nSPS) is 23.3. The van der Waals surface area contributed by atoms with E-state index in [0.717, 1.165) is 5.56 Å². The Balaban J connectivity index is 1.91. The molecule has 1 aromatic rings. The van der Waals surface area contributed by atoms with E-state index in [4.69, 9.17) is 4.74 Å². The molecule has 1 aromatic carbocycles. The lowest BCUT2D eigenvalue weighted by molar-refractivity contribution is -0.0498. The summed E-state index contributed by atoms with van der Waals surface area (Å²) in [5.41, 5.74) is 0.961. The minimum atomic E-state index is -2.81. The van der Waals surface area contributed by atoms with Crippen molar-refractivity contribution in [1.29, 1.82) is 0 Å². The lowest BCUT2D eigenvalue weighted by Gasteiger charge is -2.25. The highest BCUT2D eigenvalue weighted by atomic mass is 19.3. The Bertz CT molecular complexity index is 399. The molecule has 0 amide bonds. The summed E-state index contributed by atoms with van der Waals surface area (Å²) in [6.45, 7) is -1.33. The maximum Gasteiger partial charge on any atom is 0.387 e. The number of nitrogens with zero attached hydrogens (tertiary/aromatic N) is 1. The molecule has 1 heterocycles. The number of alkyl halides is 2. The summed E-state index contributed by atoms with van der Waals surface area (Å²) in [6, 6.07) is 6.46. The zero-order valence-corrected chi connectivity index (χ0v) is 10.6. The summed E-state index contributed by atoms with van der Waals surface area (Å²) in [4.78, 5) is 1.99. The molecule has 1 N–H and O–H groups in total. The molecule has 1 aliphatic rings. The van der Waals surface area contributed by atoms with E-state index >= 15 is 0 Å². The van der Waals surface area contributed by atoms with Gasteiger partial charge in [-0.2, -0.15) is 8.78 Å². The van der Waals surface area contributed by atoms with E-state index in [0.29, 0.717) is 19.8 Å². The van der Waals surface area contributed by atoms with Gasteiger partial charge in [-0.1, -0.05) is 12.1 Å². The Morgan fingerprint density at radius 2 is 2.05 bits per heavy atom. The fraction of sp³-hybridized carbons (Fsp3) is 0.538. The van der Waals surface area contributed by atoms with Gasteiger partial charge in [0.25, 0.3) is 0 Å². The minimum absolute atomic E-state index is 0.0306. The Labute approximate surface area is 110 Å². The van der Waals surface area contributed by atoms with Crippen molar-refractivity contribution in [1.82, 2.24) is 4.90 Å². The number of rotatable bonds is 5. The van der Waals surface area contributed by atoms with Crippen LogP contribution in [-0.2, 0) is 11.3 Å². The number of likely N-dealkylation sites (N-methyl/N-ethyl adjacent to an activating group) is 1. The third-order valence-corrected chi connectivity index (χ3v) is 3.17. The van der Waals surface area contributed by atoms with Crippen LogP contribution >= 0.6 is 0 Å². The van der Waals surface area contributed by atoms with Gasteiger partial charge in [0, 0.05) is 6.54 Å². The molecular formula is C13H17F2NO3. The van der Waals surface area contributed by atoms with Crippen molar-refractivity contribution in [3.63, 3.8) is 0 Å². The Hall–Kier alpha value is -1.24. The van der Waals surface area contributed by atoms with E-state index in [9.17, 15) is 13.9 Å². The van der Waals surface area contributed by atoms with E-state index in [1.54, 1.807) is 12.1 Å². The van der Waals surface area contributed by atoms with Crippen molar-refractivity contribution in [3.8, 4) is 5.75 Å². The van der Waals surface area contributed by atoms with Gasteiger partial charge in [0.05, 0.1) is 25.4 Å². The standard InChI is InChI=1S/C13H17F2NO3/c1-16(11-7-18-8-12(11)17)6-9-2-4-10(5-3-9)19-13(14)15/h2-5,11-13,17H,6-8H2,1H3/t11-,12-/m1/s1. The first-order valence-electron chi connectivity index (χ1n) is 6.06. The van der Waals surface area contributed by atoms with Gasteiger partial charge in [0.15, 0.2) is 0 Å². The van der Waals surface area contributed by atoms with Crippen LogP contribution in [0.3, 0.4) is 0 Å². The predicted molar refractivity (Wildman–Crippen MR) is 65.2 cm³/mol. The minimum Gasteiger partial charge on any atom is -0.435 e. The van der Waals surface area contributed by atoms with E-state index in [1.165, 1.54) is 12.1 Å². The molecule has 19 heavy (non-hydrogen) atoms. The van der Waals surface area contributed by atoms with E-state index in [2.05, 4.69) is 4.74 Å². The Morgan fingerprint density at radius 3 is 2.58 bits per heavy atom. The van der Waals surface area contributed by atoms with Crippen molar-refractivity contribution in [3.05, 3.63) is 29.8 Å². The summed E-state index contributed by atoms with van der Waals surface area (Å²) < 4.78 is 33.5. The summed E-state index contributed by atoms with van der Waals surface area (Å²) in [6.07, 6.45) is -0.480. The molecule has 2 rings (SSSR count). The molecule has 0 bridgehead atoms. The van der Waals surface area contributed by atoms with Gasteiger partial charge in [-0.3, -0.25) is 4.90 Å². The lowest BCUT2D eigenvalue weighted by Crippen LogP contribution is -2.39. The van der Waals surface area contributed by atoms with Gasteiger partial charge in [0.2, 0.25) is 0 Å². The highest BCUT2D eigenvalue weighted by Gasteiger charge is 2.29. The molecule has 6 heteroatoms. The number of aliphatic hydroxyl groups is 1. The van der Waals surface area contributed by atoms with Gasteiger partial charge in [-0.05, 0) is 24.7 Å². The van der Waals surface area contributed by atoms with Gasteiger partial charge in [0.1, 0.15) is 5.75 Å². The van der Waals surface area contributed by atoms with Crippen LogP contribution in [0.4, 0.5) is 8.78 Å². The lowest BCUT2D eigenvalue weighted by atomic mass is 10.1. The average molecular weight is 273 g/mol. The van der Waals surface area contributed by atoms with Crippen molar-refractivity contribution in [2.24, 2.45) is 0 Å². The molecule has 0 saturated carbocycles. The quantitative estimate of drug-likeness (QED) is 0.882. The molecule has 0 aliphatic carbocycles. The molecule has 4 nitrogen and oxygen atoms in total. The van der Waals surface area contributed by atoms with Gasteiger partial charge in [-0.15, -0.1) is 0 Å². The van der Waals surface area contributed by atoms with Crippen LogP contribution in [0, 0.1) is 0 Å². The number of halogens is 2. The van der Waals surface area contributed by atoms with Gasteiger partial charge in [-0.25, -0.2) is 0 Å². The van der Waals surface area contributed by atoms with Gasteiger partial charge < -0.3 is 14.6 Å². The van der Waals surface area contributed by atoms with Crippen LogP contribution in [-0.4, -0.2) is 49.0 Å². The van der Waals surface area contributed by atoms with Crippen LogP contribution in [0.5, 0.6) is 5.75 Å². The molecular weight excluding hydrogens is 256 g/mol. The molecule has 1 aliphatic heterocycles. The average Bonchev–Trinajstić information content (AvgIpc) is 2.77. The summed E-state index contributed by atoms with van der Waals surface area (Å²) in [5.74, 6) is 0.144. The largest absolute Gasteiger partial charge is 0.435 e. The predicted octanol–water partition coefficient (Wildman–Crippen LogP) is 1.48. The van der Waals surface area contributed by atoms with Crippen molar-refractivity contribution in [2.75, 3.05) is 20.3 Å². The van der Waals surface area contributed by atoms with Crippen LogP contribution in [0.15, 0.2) is 24.3 Å². The van der Waals surface area contributed by atoms with E-state index < -0.39 is 12.7 Å². The Kier molecular flexibility index (Phi) is 4.68.